The molecule has 0 spiro atoms. The van der Waals surface area contributed by atoms with Crippen LogP contribution in [0.2, 0.25) is 5.02 Å². The van der Waals surface area contributed by atoms with Crippen LogP contribution in [0.15, 0.2) is 48.5 Å². The molecular formula is C19H22ClNO3. The molecule has 5 heteroatoms. The molecule has 0 bridgehead atoms. The number of hydrogen-bond donors (Lipinski definition) is 1. The summed E-state index contributed by atoms with van der Waals surface area (Å²) in [6, 6.07) is 14.4. The van der Waals surface area contributed by atoms with Gasteiger partial charge in [-0.05, 0) is 42.8 Å². The van der Waals surface area contributed by atoms with E-state index >= 15 is 0 Å². The highest BCUT2D eigenvalue weighted by molar-refractivity contribution is 6.32. The SMILES string of the molecule is CCCCOc1ccc(C(=O)NCCOc2ccccc2Cl)cc1. The monoisotopic (exact) mass is 347 g/mol. The Kier molecular flexibility index (Phi) is 7.43. The lowest BCUT2D eigenvalue weighted by Gasteiger charge is -2.09. The zero-order valence-corrected chi connectivity index (χ0v) is 14.5. The van der Waals surface area contributed by atoms with Gasteiger partial charge in [-0.1, -0.05) is 37.1 Å². The lowest BCUT2D eigenvalue weighted by Crippen LogP contribution is -2.28. The molecule has 0 aliphatic heterocycles. The summed E-state index contributed by atoms with van der Waals surface area (Å²) < 4.78 is 11.1. The summed E-state index contributed by atoms with van der Waals surface area (Å²) in [7, 11) is 0. The first-order chi connectivity index (χ1) is 11.7. The van der Waals surface area contributed by atoms with Crippen LogP contribution in [0.4, 0.5) is 0 Å². The highest BCUT2D eigenvalue weighted by Crippen LogP contribution is 2.22. The van der Waals surface area contributed by atoms with Crippen molar-refractivity contribution in [3.8, 4) is 11.5 Å². The van der Waals surface area contributed by atoms with Crippen molar-refractivity contribution in [2.45, 2.75) is 19.8 Å². The molecular weight excluding hydrogens is 326 g/mol. The molecule has 4 nitrogen and oxygen atoms in total. The van der Waals surface area contributed by atoms with Crippen molar-refractivity contribution in [2.24, 2.45) is 0 Å². The number of rotatable bonds is 9. The molecule has 0 fully saturated rings. The van der Waals surface area contributed by atoms with Crippen molar-refractivity contribution in [3.63, 3.8) is 0 Å². The molecule has 0 unspecified atom stereocenters. The van der Waals surface area contributed by atoms with Crippen LogP contribution in [0.5, 0.6) is 11.5 Å². The van der Waals surface area contributed by atoms with Crippen LogP contribution >= 0.6 is 11.6 Å². The predicted molar refractivity (Wildman–Crippen MR) is 96.1 cm³/mol. The molecule has 1 N–H and O–H groups in total. The molecule has 0 aliphatic rings. The van der Waals surface area contributed by atoms with Gasteiger partial charge < -0.3 is 14.8 Å². The average molecular weight is 348 g/mol. The molecule has 0 heterocycles. The lowest BCUT2D eigenvalue weighted by molar-refractivity contribution is 0.0947. The van der Waals surface area contributed by atoms with Crippen LogP contribution in [0, 0.1) is 0 Å². The van der Waals surface area contributed by atoms with Crippen molar-refractivity contribution in [1.29, 1.82) is 0 Å². The van der Waals surface area contributed by atoms with Crippen LogP contribution in [-0.4, -0.2) is 25.7 Å². The zero-order chi connectivity index (χ0) is 17.2. The number of carbonyl (C=O) groups excluding carboxylic acids is 1. The normalized spacial score (nSPS) is 10.2. The Morgan fingerprint density at radius 1 is 1.04 bits per heavy atom. The van der Waals surface area contributed by atoms with E-state index in [9.17, 15) is 4.79 Å². The van der Waals surface area contributed by atoms with Gasteiger partial charge in [0, 0.05) is 5.56 Å². The second-order valence-electron chi connectivity index (χ2n) is 5.26. The number of amides is 1. The minimum atomic E-state index is -0.141. The first-order valence-electron chi connectivity index (χ1n) is 8.09. The van der Waals surface area contributed by atoms with E-state index < -0.39 is 0 Å². The molecule has 2 aromatic carbocycles. The minimum absolute atomic E-state index is 0.141. The van der Waals surface area contributed by atoms with Gasteiger partial charge in [0.2, 0.25) is 0 Å². The Labute approximate surface area is 147 Å². The van der Waals surface area contributed by atoms with Crippen LogP contribution in [0.3, 0.4) is 0 Å². The number of nitrogens with one attached hydrogen (secondary N) is 1. The molecule has 2 aromatic rings. The van der Waals surface area contributed by atoms with Crippen molar-refractivity contribution < 1.29 is 14.3 Å². The Morgan fingerprint density at radius 2 is 1.79 bits per heavy atom. The number of carbonyl (C=O) groups is 1. The van der Waals surface area contributed by atoms with Crippen molar-refractivity contribution >= 4 is 17.5 Å². The van der Waals surface area contributed by atoms with E-state index in [1.165, 1.54) is 0 Å². The second-order valence-corrected chi connectivity index (χ2v) is 5.67. The maximum absolute atomic E-state index is 12.1. The van der Waals surface area contributed by atoms with Gasteiger partial charge in [-0.2, -0.15) is 0 Å². The Balaban J connectivity index is 1.73. The van der Waals surface area contributed by atoms with E-state index in [2.05, 4.69) is 12.2 Å². The highest BCUT2D eigenvalue weighted by Gasteiger charge is 2.06. The molecule has 1 amide bonds. The smallest absolute Gasteiger partial charge is 0.251 e. The predicted octanol–water partition coefficient (Wildman–Crippen LogP) is 4.33. The van der Waals surface area contributed by atoms with Gasteiger partial charge in [0.1, 0.15) is 18.1 Å². The van der Waals surface area contributed by atoms with Crippen molar-refractivity contribution in [2.75, 3.05) is 19.8 Å². The molecule has 2 rings (SSSR count). The molecule has 128 valence electrons. The number of halogens is 1. The first kappa shape index (κ1) is 18.1. The van der Waals surface area contributed by atoms with Gasteiger partial charge in [-0.15, -0.1) is 0 Å². The summed E-state index contributed by atoms with van der Waals surface area (Å²) in [5.41, 5.74) is 0.593. The summed E-state index contributed by atoms with van der Waals surface area (Å²) in [5.74, 6) is 1.25. The summed E-state index contributed by atoms with van der Waals surface area (Å²) in [4.78, 5) is 12.1. The summed E-state index contributed by atoms with van der Waals surface area (Å²) >= 11 is 6.00. The third kappa shape index (κ3) is 5.78. The second kappa shape index (κ2) is 9.83. The molecule has 24 heavy (non-hydrogen) atoms. The molecule has 0 atom stereocenters. The fourth-order valence-corrected chi connectivity index (χ4v) is 2.22. The van der Waals surface area contributed by atoms with Crippen LogP contribution < -0.4 is 14.8 Å². The quantitative estimate of drug-likeness (QED) is 0.687. The van der Waals surface area contributed by atoms with E-state index in [0.29, 0.717) is 36.1 Å². The molecule has 0 radical (unpaired) electrons. The van der Waals surface area contributed by atoms with E-state index in [0.717, 1.165) is 18.6 Å². The molecule has 0 saturated heterocycles. The average Bonchev–Trinajstić information content (AvgIpc) is 2.61. The Morgan fingerprint density at radius 3 is 2.50 bits per heavy atom. The fourth-order valence-electron chi connectivity index (χ4n) is 2.03. The van der Waals surface area contributed by atoms with Gasteiger partial charge in [-0.3, -0.25) is 4.79 Å². The zero-order valence-electron chi connectivity index (χ0n) is 13.8. The van der Waals surface area contributed by atoms with Gasteiger partial charge in [0.15, 0.2) is 0 Å². The first-order valence-corrected chi connectivity index (χ1v) is 8.47. The Bertz CT molecular complexity index is 643. The maximum Gasteiger partial charge on any atom is 0.251 e. The maximum atomic E-state index is 12.1. The number of para-hydroxylation sites is 1. The standard InChI is InChI=1S/C19H22ClNO3/c1-2-3-13-23-16-10-8-15(9-11-16)19(22)21-12-14-24-18-7-5-4-6-17(18)20/h4-11H,2-3,12-14H2,1H3,(H,21,22). The highest BCUT2D eigenvalue weighted by atomic mass is 35.5. The molecule has 0 aromatic heterocycles. The summed E-state index contributed by atoms with van der Waals surface area (Å²) in [5, 5.41) is 3.37. The van der Waals surface area contributed by atoms with Gasteiger partial charge in [0.25, 0.3) is 5.91 Å². The lowest BCUT2D eigenvalue weighted by atomic mass is 10.2. The minimum Gasteiger partial charge on any atom is -0.494 e. The van der Waals surface area contributed by atoms with E-state index in [1.54, 1.807) is 24.3 Å². The number of unbranched alkanes of at least 4 members (excludes halogenated alkanes) is 1. The van der Waals surface area contributed by atoms with Gasteiger partial charge in [-0.25, -0.2) is 0 Å². The number of ether oxygens (including phenoxy) is 2. The molecule has 0 saturated carbocycles. The Hall–Kier alpha value is -2.20. The topological polar surface area (TPSA) is 47.6 Å². The van der Waals surface area contributed by atoms with Crippen LogP contribution in [0.25, 0.3) is 0 Å². The third-order valence-electron chi connectivity index (χ3n) is 3.36. The largest absolute Gasteiger partial charge is 0.494 e. The van der Waals surface area contributed by atoms with E-state index in [4.69, 9.17) is 21.1 Å². The number of hydrogen-bond acceptors (Lipinski definition) is 3. The van der Waals surface area contributed by atoms with E-state index in [1.807, 2.05) is 24.3 Å². The van der Waals surface area contributed by atoms with Gasteiger partial charge in [0.05, 0.1) is 18.2 Å². The van der Waals surface area contributed by atoms with Crippen molar-refractivity contribution in [3.05, 3.63) is 59.1 Å². The summed E-state index contributed by atoms with van der Waals surface area (Å²) in [6.07, 6.45) is 2.12. The third-order valence-corrected chi connectivity index (χ3v) is 3.68. The van der Waals surface area contributed by atoms with E-state index in [-0.39, 0.29) is 5.91 Å². The summed E-state index contributed by atoms with van der Waals surface area (Å²) in [6.45, 7) is 3.57. The van der Waals surface area contributed by atoms with Crippen LogP contribution in [-0.2, 0) is 0 Å². The van der Waals surface area contributed by atoms with Crippen LogP contribution in [0.1, 0.15) is 30.1 Å². The molecule has 0 aliphatic carbocycles. The van der Waals surface area contributed by atoms with Gasteiger partial charge >= 0.3 is 0 Å². The number of benzene rings is 2. The fraction of sp³-hybridized carbons (Fsp3) is 0.316. The van der Waals surface area contributed by atoms with Crippen molar-refractivity contribution in [1.82, 2.24) is 5.32 Å².